The van der Waals surface area contributed by atoms with E-state index in [1.54, 1.807) is 23.1 Å². The summed E-state index contributed by atoms with van der Waals surface area (Å²) in [7, 11) is 2.99. The zero-order valence-electron chi connectivity index (χ0n) is 21.7. The molecule has 1 aliphatic heterocycles. The number of nitrogens with zero attached hydrogens (tertiary/aromatic N) is 1. The van der Waals surface area contributed by atoms with Gasteiger partial charge in [0.25, 0.3) is 0 Å². The molecule has 2 amide bonds. The SMILES string of the molecule is COCCC(=O)N(C[C@@H]1CCCO1)[C@@H]1CC(C(=O)NCCO)=C[C@H](Oc2c(I)cc(CO)cc2OC)[C@H]1O. The Labute approximate surface area is 236 Å². The fourth-order valence-corrected chi connectivity index (χ4v) is 5.45. The van der Waals surface area contributed by atoms with Crippen LogP contribution in [0.2, 0.25) is 0 Å². The van der Waals surface area contributed by atoms with Crippen molar-refractivity contribution in [2.45, 2.75) is 56.6 Å². The smallest absolute Gasteiger partial charge is 0.247 e. The summed E-state index contributed by atoms with van der Waals surface area (Å²) in [5, 5.41) is 32.9. The van der Waals surface area contributed by atoms with Crippen molar-refractivity contribution in [3.63, 3.8) is 0 Å². The first-order chi connectivity index (χ1) is 18.3. The van der Waals surface area contributed by atoms with E-state index < -0.39 is 24.2 Å². The van der Waals surface area contributed by atoms with Crippen LogP contribution in [-0.2, 0) is 25.7 Å². The normalized spacial score (nSPS) is 23.1. The number of carbonyl (C=O) groups is 2. The second kappa shape index (κ2) is 15.0. The highest BCUT2D eigenvalue weighted by Crippen LogP contribution is 2.37. The third kappa shape index (κ3) is 7.79. The molecule has 4 atom stereocenters. The number of hydrogen-bond donors (Lipinski definition) is 4. The lowest BCUT2D eigenvalue weighted by Crippen LogP contribution is -2.56. The molecular formula is C26H37IN2O9. The van der Waals surface area contributed by atoms with E-state index in [9.17, 15) is 24.9 Å². The van der Waals surface area contributed by atoms with Gasteiger partial charge < -0.3 is 44.5 Å². The molecule has 12 heteroatoms. The standard InChI is InChI=1S/C26H37IN2O9/c1-35-9-5-23(32)29(14-18-4-3-8-37-18)20-12-17(26(34)28-6-7-30)13-21(24(20)33)38-25-19(27)10-16(15-31)11-22(25)36-2/h10-11,13,18,20-21,24,30-31,33H,3-9,12,14-15H2,1-2H3,(H,28,34)/t18-,20+,21-,24-/m0/s1. The second-order valence-corrected chi connectivity index (χ2v) is 10.4. The van der Waals surface area contributed by atoms with E-state index in [1.807, 2.05) is 0 Å². The average Bonchev–Trinajstić information content (AvgIpc) is 3.44. The zero-order chi connectivity index (χ0) is 27.7. The van der Waals surface area contributed by atoms with Crippen molar-refractivity contribution in [1.82, 2.24) is 10.2 Å². The highest BCUT2D eigenvalue weighted by molar-refractivity contribution is 14.1. The van der Waals surface area contributed by atoms with Crippen molar-refractivity contribution in [3.05, 3.63) is 32.9 Å². The number of hydrogen-bond acceptors (Lipinski definition) is 9. The molecule has 2 aliphatic rings. The Kier molecular flexibility index (Phi) is 12.1. The number of amides is 2. The third-order valence-electron chi connectivity index (χ3n) is 6.61. The van der Waals surface area contributed by atoms with Crippen LogP contribution >= 0.6 is 22.6 Å². The molecule has 4 N–H and O–H groups in total. The maximum Gasteiger partial charge on any atom is 0.247 e. The van der Waals surface area contributed by atoms with Crippen molar-refractivity contribution < 1.29 is 43.9 Å². The summed E-state index contributed by atoms with van der Waals surface area (Å²) in [6.45, 7) is 0.760. The topological polar surface area (TPSA) is 147 Å². The molecule has 0 saturated carbocycles. The Morgan fingerprint density at radius 3 is 2.68 bits per heavy atom. The first-order valence-corrected chi connectivity index (χ1v) is 13.7. The molecule has 3 rings (SSSR count). The number of methoxy groups -OCH3 is 2. The fraction of sp³-hybridized carbons (Fsp3) is 0.615. The van der Waals surface area contributed by atoms with Crippen LogP contribution in [0.1, 0.15) is 31.2 Å². The van der Waals surface area contributed by atoms with Gasteiger partial charge in [-0.15, -0.1) is 0 Å². The number of carbonyl (C=O) groups excluding carboxylic acids is 2. The van der Waals surface area contributed by atoms with Crippen LogP contribution in [0.3, 0.4) is 0 Å². The average molecular weight is 648 g/mol. The first kappa shape index (κ1) is 30.6. The molecule has 1 saturated heterocycles. The molecule has 1 aromatic carbocycles. The van der Waals surface area contributed by atoms with Gasteiger partial charge in [0.1, 0.15) is 12.2 Å². The van der Waals surface area contributed by atoms with Gasteiger partial charge in [-0.3, -0.25) is 9.59 Å². The summed E-state index contributed by atoms with van der Waals surface area (Å²) in [5.74, 6) is 0.0740. The van der Waals surface area contributed by atoms with Gasteiger partial charge in [-0.25, -0.2) is 0 Å². The fourth-order valence-electron chi connectivity index (χ4n) is 4.66. The highest BCUT2D eigenvalue weighted by Gasteiger charge is 2.41. The van der Waals surface area contributed by atoms with E-state index in [1.165, 1.54) is 14.2 Å². The van der Waals surface area contributed by atoms with Crippen LogP contribution in [0.25, 0.3) is 0 Å². The maximum atomic E-state index is 13.3. The molecule has 11 nitrogen and oxygen atoms in total. The Bertz CT molecular complexity index is 984. The van der Waals surface area contributed by atoms with Gasteiger partial charge in [0.2, 0.25) is 11.8 Å². The van der Waals surface area contributed by atoms with E-state index in [4.69, 9.17) is 18.9 Å². The van der Waals surface area contributed by atoms with Gasteiger partial charge in [0.05, 0.1) is 49.1 Å². The van der Waals surface area contributed by atoms with Gasteiger partial charge in [-0.05, 0) is 59.2 Å². The van der Waals surface area contributed by atoms with Crippen LogP contribution in [-0.4, -0.2) is 104 Å². The molecule has 1 aromatic rings. The van der Waals surface area contributed by atoms with E-state index in [-0.39, 0.29) is 57.8 Å². The minimum absolute atomic E-state index is 0.0651. The number of ether oxygens (including phenoxy) is 4. The summed E-state index contributed by atoms with van der Waals surface area (Å²) >= 11 is 2.06. The molecule has 38 heavy (non-hydrogen) atoms. The predicted octanol–water partition coefficient (Wildman–Crippen LogP) is 0.752. The van der Waals surface area contributed by atoms with Crippen molar-refractivity contribution in [1.29, 1.82) is 0 Å². The van der Waals surface area contributed by atoms with Crippen LogP contribution in [0.15, 0.2) is 23.8 Å². The monoisotopic (exact) mass is 648 g/mol. The lowest BCUT2D eigenvalue weighted by atomic mass is 9.87. The molecule has 1 heterocycles. The van der Waals surface area contributed by atoms with Gasteiger partial charge in [-0.2, -0.15) is 0 Å². The molecule has 0 spiro atoms. The molecule has 0 aromatic heterocycles. The Hall–Kier alpha value is -1.97. The molecule has 0 unspecified atom stereocenters. The van der Waals surface area contributed by atoms with Gasteiger partial charge in [-0.1, -0.05) is 0 Å². The van der Waals surface area contributed by atoms with Gasteiger partial charge in [0.15, 0.2) is 11.5 Å². The lowest BCUT2D eigenvalue weighted by Gasteiger charge is -2.41. The van der Waals surface area contributed by atoms with E-state index in [2.05, 4.69) is 27.9 Å². The number of aliphatic hydroxyl groups excluding tert-OH is 3. The molecule has 0 radical (unpaired) electrons. The Morgan fingerprint density at radius 2 is 2.05 bits per heavy atom. The van der Waals surface area contributed by atoms with Crippen LogP contribution in [0.4, 0.5) is 0 Å². The molecule has 1 fully saturated rings. The lowest BCUT2D eigenvalue weighted by molar-refractivity contribution is -0.141. The number of halogens is 1. The van der Waals surface area contributed by atoms with Crippen molar-refractivity contribution in [3.8, 4) is 11.5 Å². The number of benzene rings is 1. The van der Waals surface area contributed by atoms with Crippen LogP contribution in [0.5, 0.6) is 11.5 Å². The third-order valence-corrected chi connectivity index (χ3v) is 7.41. The highest BCUT2D eigenvalue weighted by atomic mass is 127. The Balaban J connectivity index is 1.97. The molecule has 1 aliphatic carbocycles. The summed E-state index contributed by atoms with van der Waals surface area (Å²) < 4.78 is 23.3. The largest absolute Gasteiger partial charge is 0.493 e. The summed E-state index contributed by atoms with van der Waals surface area (Å²) in [4.78, 5) is 27.9. The summed E-state index contributed by atoms with van der Waals surface area (Å²) in [5.41, 5.74) is 0.961. The number of rotatable bonds is 13. The second-order valence-electron chi connectivity index (χ2n) is 9.21. The maximum absolute atomic E-state index is 13.3. The van der Waals surface area contributed by atoms with Crippen molar-refractivity contribution in [2.75, 3.05) is 47.1 Å². The Morgan fingerprint density at radius 1 is 1.26 bits per heavy atom. The van der Waals surface area contributed by atoms with E-state index in [0.29, 0.717) is 32.8 Å². The molecular weight excluding hydrogens is 611 g/mol. The van der Waals surface area contributed by atoms with Crippen molar-refractivity contribution in [2.24, 2.45) is 0 Å². The van der Waals surface area contributed by atoms with Crippen LogP contribution < -0.4 is 14.8 Å². The van der Waals surface area contributed by atoms with Gasteiger partial charge >= 0.3 is 0 Å². The minimum atomic E-state index is -1.17. The summed E-state index contributed by atoms with van der Waals surface area (Å²) in [6, 6.07) is 2.61. The zero-order valence-corrected chi connectivity index (χ0v) is 23.9. The number of aliphatic hydroxyl groups is 3. The minimum Gasteiger partial charge on any atom is -0.493 e. The quantitative estimate of drug-likeness (QED) is 0.228. The molecule has 0 bridgehead atoms. The van der Waals surface area contributed by atoms with E-state index in [0.717, 1.165) is 12.8 Å². The predicted molar refractivity (Wildman–Crippen MR) is 146 cm³/mol. The first-order valence-electron chi connectivity index (χ1n) is 12.6. The summed E-state index contributed by atoms with van der Waals surface area (Å²) in [6.07, 6.45) is 1.11. The molecule has 212 valence electrons. The number of nitrogens with one attached hydrogen (secondary N) is 1. The van der Waals surface area contributed by atoms with E-state index >= 15 is 0 Å². The van der Waals surface area contributed by atoms with Crippen LogP contribution in [0, 0.1) is 3.57 Å². The van der Waals surface area contributed by atoms with Gasteiger partial charge in [0, 0.05) is 38.8 Å². The van der Waals surface area contributed by atoms with Crippen molar-refractivity contribution >= 4 is 34.4 Å².